The second-order valence-corrected chi connectivity index (χ2v) is 5.64. The van der Waals surface area contributed by atoms with Crippen molar-refractivity contribution in [2.24, 2.45) is 0 Å². The van der Waals surface area contributed by atoms with Gasteiger partial charge in [0.1, 0.15) is 5.75 Å². The molecule has 1 rings (SSSR count). The lowest BCUT2D eigenvalue weighted by molar-refractivity contribution is -0.124. The van der Waals surface area contributed by atoms with E-state index in [1.54, 1.807) is 6.92 Å². The van der Waals surface area contributed by atoms with Crippen molar-refractivity contribution >= 4 is 5.91 Å². The fourth-order valence-electron chi connectivity index (χ4n) is 1.58. The van der Waals surface area contributed by atoms with E-state index in [1.807, 2.05) is 31.2 Å². The summed E-state index contributed by atoms with van der Waals surface area (Å²) in [6.07, 6.45) is 0.588. The van der Waals surface area contributed by atoms with E-state index in [0.717, 1.165) is 0 Å². The Labute approximate surface area is 121 Å². The standard InChI is InChI=1S/C16H25NO3/c1-5-16(4,19)11-17-15(18)10-20-14-8-6-7-13(9-14)12(2)3/h6-9,12,19H,5,10-11H2,1-4H3,(H,17,18). The average molecular weight is 279 g/mol. The van der Waals surface area contributed by atoms with Crippen LogP contribution in [0.5, 0.6) is 5.75 Å². The highest BCUT2D eigenvalue weighted by molar-refractivity contribution is 5.77. The molecule has 0 fully saturated rings. The van der Waals surface area contributed by atoms with Crippen molar-refractivity contribution in [3.05, 3.63) is 29.8 Å². The van der Waals surface area contributed by atoms with Gasteiger partial charge in [-0.05, 0) is 37.0 Å². The summed E-state index contributed by atoms with van der Waals surface area (Å²) < 4.78 is 5.46. The van der Waals surface area contributed by atoms with Gasteiger partial charge in [0.25, 0.3) is 5.91 Å². The van der Waals surface area contributed by atoms with E-state index in [1.165, 1.54) is 5.56 Å². The predicted molar refractivity (Wildman–Crippen MR) is 80.0 cm³/mol. The smallest absolute Gasteiger partial charge is 0.258 e. The van der Waals surface area contributed by atoms with Crippen LogP contribution in [0.25, 0.3) is 0 Å². The molecular weight excluding hydrogens is 254 g/mol. The molecule has 20 heavy (non-hydrogen) atoms. The Kier molecular flexibility index (Phi) is 6.02. The van der Waals surface area contributed by atoms with Gasteiger partial charge < -0.3 is 15.2 Å². The Morgan fingerprint density at radius 2 is 2.15 bits per heavy atom. The Bertz CT molecular complexity index is 441. The molecule has 0 aliphatic rings. The van der Waals surface area contributed by atoms with E-state index in [2.05, 4.69) is 19.2 Å². The maximum atomic E-state index is 11.7. The van der Waals surface area contributed by atoms with E-state index < -0.39 is 5.60 Å². The minimum absolute atomic E-state index is 0.0403. The zero-order valence-electron chi connectivity index (χ0n) is 12.8. The van der Waals surface area contributed by atoms with E-state index in [-0.39, 0.29) is 19.1 Å². The van der Waals surface area contributed by atoms with Crippen molar-refractivity contribution in [2.75, 3.05) is 13.2 Å². The van der Waals surface area contributed by atoms with E-state index in [0.29, 0.717) is 18.1 Å². The first-order valence-electron chi connectivity index (χ1n) is 7.06. The number of rotatable bonds is 7. The Hall–Kier alpha value is -1.55. The summed E-state index contributed by atoms with van der Waals surface area (Å²) >= 11 is 0. The molecule has 1 aromatic carbocycles. The van der Waals surface area contributed by atoms with Gasteiger partial charge in [-0.3, -0.25) is 4.79 Å². The number of hydrogen-bond acceptors (Lipinski definition) is 3. The van der Waals surface area contributed by atoms with Gasteiger partial charge in [0.15, 0.2) is 6.61 Å². The van der Waals surface area contributed by atoms with Crippen molar-refractivity contribution in [1.82, 2.24) is 5.32 Å². The van der Waals surface area contributed by atoms with Crippen LogP contribution in [0.2, 0.25) is 0 Å². The van der Waals surface area contributed by atoms with Crippen molar-refractivity contribution in [2.45, 2.75) is 45.6 Å². The SMILES string of the molecule is CCC(C)(O)CNC(=O)COc1cccc(C(C)C)c1. The van der Waals surface area contributed by atoms with Crippen LogP contribution in [0, 0.1) is 0 Å². The second-order valence-electron chi connectivity index (χ2n) is 5.64. The molecule has 1 aromatic rings. The number of amides is 1. The number of nitrogens with one attached hydrogen (secondary N) is 1. The van der Waals surface area contributed by atoms with Crippen molar-refractivity contribution in [3.63, 3.8) is 0 Å². The van der Waals surface area contributed by atoms with Crippen LogP contribution in [0.3, 0.4) is 0 Å². The molecule has 4 nitrogen and oxygen atoms in total. The lowest BCUT2D eigenvalue weighted by Gasteiger charge is -2.21. The van der Waals surface area contributed by atoms with E-state index in [4.69, 9.17) is 4.74 Å². The van der Waals surface area contributed by atoms with Gasteiger partial charge in [-0.15, -0.1) is 0 Å². The highest BCUT2D eigenvalue weighted by Gasteiger charge is 2.18. The molecule has 0 spiro atoms. The molecule has 1 atom stereocenters. The molecule has 0 saturated heterocycles. The zero-order chi connectivity index (χ0) is 15.2. The average Bonchev–Trinajstić information content (AvgIpc) is 2.43. The zero-order valence-corrected chi connectivity index (χ0v) is 12.8. The van der Waals surface area contributed by atoms with Crippen LogP contribution < -0.4 is 10.1 Å². The minimum atomic E-state index is -0.868. The molecule has 1 amide bonds. The van der Waals surface area contributed by atoms with E-state index in [9.17, 15) is 9.90 Å². The van der Waals surface area contributed by atoms with Crippen LogP contribution >= 0.6 is 0 Å². The highest BCUT2D eigenvalue weighted by Crippen LogP contribution is 2.19. The minimum Gasteiger partial charge on any atom is -0.484 e. The number of ether oxygens (including phenoxy) is 1. The third-order valence-corrected chi connectivity index (χ3v) is 3.32. The molecule has 2 N–H and O–H groups in total. The molecule has 0 aromatic heterocycles. The molecule has 0 aliphatic carbocycles. The Morgan fingerprint density at radius 3 is 2.75 bits per heavy atom. The molecule has 0 saturated carbocycles. The van der Waals surface area contributed by atoms with Crippen molar-refractivity contribution in [1.29, 1.82) is 0 Å². The molecular formula is C16H25NO3. The number of benzene rings is 1. The Morgan fingerprint density at radius 1 is 1.45 bits per heavy atom. The quantitative estimate of drug-likeness (QED) is 0.806. The van der Waals surface area contributed by atoms with Gasteiger partial charge in [0, 0.05) is 6.54 Å². The third-order valence-electron chi connectivity index (χ3n) is 3.32. The molecule has 0 heterocycles. The summed E-state index contributed by atoms with van der Waals surface area (Å²) in [5.41, 5.74) is 0.310. The summed E-state index contributed by atoms with van der Waals surface area (Å²) in [6.45, 7) is 7.98. The van der Waals surface area contributed by atoms with Gasteiger partial charge in [-0.25, -0.2) is 0 Å². The molecule has 0 aliphatic heterocycles. The van der Waals surface area contributed by atoms with Gasteiger partial charge in [-0.2, -0.15) is 0 Å². The lowest BCUT2D eigenvalue weighted by atomic mass is 10.0. The van der Waals surface area contributed by atoms with Gasteiger partial charge >= 0.3 is 0 Å². The van der Waals surface area contributed by atoms with Crippen LogP contribution in [-0.2, 0) is 4.79 Å². The highest BCUT2D eigenvalue weighted by atomic mass is 16.5. The van der Waals surface area contributed by atoms with Gasteiger partial charge in [0.2, 0.25) is 0 Å². The van der Waals surface area contributed by atoms with Crippen molar-refractivity contribution < 1.29 is 14.6 Å². The molecule has 0 bridgehead atoms. The number of carbonyl (C=O) groups is 1. The normalized spacial score (nSPS) is 13.9. The van der Waals surface area contributed by atoms with E-state index >= 15 is 0 Å². The summed E-state index contributed by atoms with van der Waals surface area (Å²) in [6, 6.07) is 7.74. The number of aliphatic hydroxyl groups is 1. The summed E-state index contributed by atoms with van der Waals surface area (Å²) in [4.78, 5) is 11.7. The number of carbonyl (C=O) groups excluding carboxylic acids is 1. The topological polar surface area (TPSA) is 58.6 Å². The van der Waals surface area contributed by atoms with Crippen LogP contribution in [0.1, 0.15) is 45.6 Å². The molecule has 1 unspecified atom stereocenters. The summed E-state index contributed by atoms with van der Waals surface area (Å²) in [5.74, 6) is 0.884. The predicted octanol–water partition coefficient (Wildman–Crippen LogP) is 2.47. The maximum Gasteiger partial charge on any atom is 0.258 e. The second kappa shape index (κ2) is 7.29. The largest absolute Gasteiger partial charge is 0.484 e. The fourth-order valence-corrected chi connectivity index (χ4v) is 1.58. The number of hydrogen-bond donors (Lipinski definition) is 2. The summed E-state index contributed by atoms with van der Waals surface area (Å²) in [5, 5.41) is 12.5. The maximum absolute atomic E-state index is 11.7. The molecule has 4 heteroatoms. The van der Waals surface area contributed by atoms with Crippen LogP contribution in [-0.4, -0.2) is 29.8 Å². The molecule has 112 valence electrons. The summed E-state index contributed by atoms with van der Waals surface area (Å²) in [7, 11) is 0. The van der Waals surface area contributed by atoms with Crippen molar-refractivity contribution in [3.8, 4) is 5.75 Å². The van der Waals surface area contributed by atoms with Crippen LogP contribution in [0.4, 0.5) is 0 Å². The molecule has 0 radical (unpaired) electrons. The first-order chi connectivity index (χ1) is 9.34. The lowest BCUT2D eigenvalue weighted by Crippen LogP contribution is -2.41. The fraction of sp³-hybridized carbons (Fsp3) is 0.562. The van der Waals surface area contributed by atoms with Gasteiger partial charge in [-0.1, -0.05) is 32.9 Å². The monoisotopic (exact) mass is 279 g/mol. The first-order valence-corrected chi connectivity index (χ1v) is 7.06. The Balaban J connectivity index is 2.43. The van der Waals surface area contributed by atoms with Gasteiger partial charge in [0.05, 0.1) is 5.60 Å². The third kappa shape index (κ3) is 5.61. The van der Waals surface area contributed by atoms with Crippen LogP contribution in [0.15, 0.2) is 24.3 Å². The first kappa shape index (κ1) is 16.5.